The summed E-state index contributed by atoms with van der Waals surface area (Å²) in [7, 11) is 0. The van der Waals surface area contributed by atoms with Crippen LogP contribution in [0.1, 0.15) is 24.0 Å². The topological polar surface area (TPSA) is 17.1 Å². The molecular weight excluding hydrogens is 291 g/mol. The fourth-order valence-electron chi connectivity index (χ4n) is 2.56. The van der Waals surface area contributed by atoms with E-state index in [4.69, 9.17) is 23.2 Å². The van der Waals surface area contributed by atoms with Gasteiger partial charge in [0.25, 0.3) is 0 Å². The predicted molar refractivity (Wildman–Crippen MR) is 84.5 cm³/mol. The van der Waals surface area contributed by atoms with Gasteiger partial charge in [-0.15, -0.1) is 11.6 Å². The van der Waals surface area contributed by atoms with Crippen molar-refractivity contribution in [2.45, 2.75) is 18.3 Å². The lowest BCUT2D eigenvalue weighted by Gasteiger charge is -2.31. The van der Waals surface area contributed by atoms with Crippen molar-refractivity contribution in [3.05, 3.63) is 71.8 Å². The van der Waals surface area contributed by atoms with Crippen LogP contribution in [0.4, 0.5) is 0 Å². The molecule has 1 nitrogen and oxygen atoms in total. The second-order valence-electron chi connectivity index (χ2n) is 4.70. The number of halogens is 2. The number of alkyl halides is 1. The van der Waals surface area contributed by atoms with E-state index in [9.17, 15) is 4.79 Å². The van der Waals surface area contributed by atoms with E-state index in [-0.39, 0.29) is 5.24 Å². The Hall–Kier alpha value is -1.31. The number of carbonyl (C=O) groups is 1. The predicted octanol–water partition coefficient (Wildman–Crippen LogP) is 4.76. The molecule has 2 rings (SSSR count). The van der Waals surface area contributed by atoms with Crippen molar-refractivity contribution in [2.24, 2.45) is 0 Å². The molecule has 0 saturated carbocycles. The highest BCUT2D eigenvalue weighted by molar-refractivity contribution is 6.66. The summed E-state index contributed by atoms with van der Waals surface area (Å²) in [5.41, 5.74) is 1.01. The van der Waals surface area contributed by atoms with E-state index >= 15 is 0 Å². The van der Waals surface area contributed by atoms with Gasteiger partial charge in [0.15, 0.2) is 0 Å². The molecule has 0 atom stereocenters. The lowest BCUT2D eigenvalue weighted by molar-refractivity contribution is -0.115. The van der Waals surface area contributed by atoms with Gasteiger partial charge in [0.05, 0.1) is 5.41 Å². The van der Waals surface area contributed by atoms with Crippen LogP contribution < -0.4 is 0 Å². The molecule has 0 unspecified atom stereocenters. The Labute approximate surface area is 129 Å². The normalized spacial score (nSPS) is 11.3. The Kier molecular flexibility index (Phi) is 5.22. The molecule has 0 amide bonds. The summed E-state index contributed by atoms with van der Waals surface area (Å²) in [5, 5.41) is -0.361. The molecule has 0 fully saturated rings. The average molecular weight is 307 g/mol. The summed E-state index contributed by atoms with van der Waals surface area (Å²) in [5.74, 6) is 0.506. The smallest absolute Gasteiger partial charge is 0.236 e. The van der Waals surface area contributed by atoms with Crippen LogP contribution in [0.25, 0.3) is 0 Å². The van der Waals surface area contributed by atoms with Gasteiger partial charge >= 0.3 is 0 Å². The highest BCUT2D eigenvalue weighted by atomic mass is 35.5. The maximum absolute atomic E-state index is 12.3. The van der Waals surface area contributed by atoms with Gasteiger partial charge < -0.3 is 0 Å². The minimum absolute atomic E-state index is 0.361. The zero-order chi connectivity index (χ0) is 14.4. The van der Waals surface area contributed by atoms with Crippen LogP contribution in [0.2, 0.25) is 0 Å². The molecule has 104 valence electrons. The van der Waals surface area contributed by atoms with Crippen LogP contribution >= 0.6 is 23.2 Å². The Morgan fingerprint density at radius 3 is 1.70 bits per heavy atom. The SMILES string of the molecule is O=C(Cl)C(CCCCl)(c1ccccc1)c1ccccc1. The number of hydrogen-bond acceptors (Lipinski definition) is 1. The first-order chi connectivity index (χ1) is 9.71. The minimum atomic E-state index is -0.820. The molecule has 20 heavy (non-hydrogen) atoms. The van der Waals surface area contributed by atoms with E-state index in [1.165, 1.54) is 0 Å². The number of carbonyl (C=O) groups excluding carboxylic acids is 1. The molecule has 0 bridgehead atoms. The van der Waals surface area contributed by atoms with Crippen LogP contribution in [0.15, 0.2) is 60.7 Å². The minimum Gasteiger partial charge on any atom is -0.280 e. The summed E-state index contributed by atoms with van der Waals surface area (Å²) in [4.78, 5) is 12.3. The van der Waals surface area contributed by atoms with Gasteiger partial charge in [0, 0.05) is 5.88 Å². The van der Waals surface area contributed by atoms with Crippen molar-refractivity contribution in [1.29, 1.82) is 0 Å². The Bertz CT molecular complexity index is 512. The summed E-state index contributed by atoms with van der Waals surface area (Å²) < 4.78 is 0. The van der Waals surface area contributed by atoms with Crippen LogP contribution in [-0.2, 0) is 10.2 Å². The van der Waals surface area contributed by atoms with Crippen molar-refractivity contribution in [3.63, 3.8) is 0 Å². The van der Waals surface area contributed by atoms with E-state index in [1.807, 2.05) is 60.7 Å². The molecule has 0 radical (unpaired) electrons. The number of benzene rings is 2. The van der Waals surface area contributed by atoms with Crippen LogP contribution in [-0.4, -0.2) is 11.1 Å². The van der Waals surface area contributed by atoms with Gasteiger partial charge in [0.2, 0.25) is 5.24 Å². The Morgan fingerprint density at radius 1 is 0.900 bits per heavy atom. The molecule has 2 aromatic carbocycles. The molecule has 3 heteroatoms. The van der Waals surface area contributed by atoms with E-state index < -0.39 is 5.41 Å². The zero-order valence-electron chi connectivity index (χ0n) is 11.1. The summed E-state index contributed by atoms with van der Waals surface area (Å²) in [6.45, 7) is 0. The van der Waals surface area contributed by atoms with Crippen LogP contribution in [0, 0.1) is 0 Å². The van der Waals surface area contributed by atoms with Crippen molar-refractivity contribution >= 4 is 28.4 Å². The largest absolute Gasteiger partial charge is 0.280 e. The van der Waals surface area contributed by atoms with E-state index in [0.717, 1.165) is 17.5 Å². The first kappa shape index (κ1) is 15.1. The van der Waals surface area contributed by atoms with Crippen molar-refractivity contribution in [2.75, 3.05) is 5.88 Å². The lowest BCUT2D eigenvalue weighted by atomic mass is 9.72. The van der Waals surface area contributed by atoms with Crippen molar-refractivity contribution < 1.29 is 4.79 Å². The molecule has 0 aliphatic carbocycles. The lowest BCUT2D eigenvalue weighted by Crippen LogP contribution is -2.34. The van der Waals surface area contributed by atoms with Gasteiger partial charge in [-0.2, -0.15) is 0 Å². The highest BCUT2D eigenvalue weighted by Crippen LogP contribution is 2.39. The molecule has 0 heterocycles. The van der Waals surface area contributed by atoms with Crippen LogP contribution in [0.3, 0.4) is 0 Å². The first-order valence-corrected chi connectivity index (χ1v) is 7.50. The molecule has 0 aliphatic heterocycles. The third-order valence-electron chi connectivity index (χ3n) is 3.55. The zero-order valence-corrected chi connectivity index (χ0v) is 12.6. The second-order valence-corrected chi connectivity index (χ2v) is 5.42. The third kappa shape index (κ3) is 2.89. The fourth-order valence-corrected chi connectivity index (χ4v) is 3.00. The van der Waals surface area contributed by atoms with Crippen molar-refractivity contribution in [3.8, 4) is 0 Å². The van der Waals surface area contributed by atoms with Gasteiger partial charge in [-0.25, -0.2) is 0 Å². The Balaban J connectivity index is 2.60. The maximum Gasteiger partial charge on any atom is 0.236 e. The molecule has 2 aromatic rings. The number of hydrogen-bond donors (Lipinski definition) is 0. The monoisotopic (exact) mass is 306 g/mol. The molecule has 0 spiro atoms. The molecular formula is C17H16Cl2O. The summed E-state index contributed by atoms with van der Waals surface area (Å²) >= 11 is 11.9. The van der Waals surface area contributed by atoms with Gasteiger partial charge in [-0.05, 0) is 35.6 Å². The standard InChI is InChI=1S/C17H16Cl2O/c18-13-7-12-17(16(19)20,14-8-3-1-4-9-14)15-10-5-2-6-11-15/h1-6,8-11H,7,12-13H2. The second kappa shape index (κ2) is 6.92. The average Bonchev–Trinajstić information content (AvgIpc) is 2.50. The summed E-state index contributed by atoms with van der Waals surface area (Å²) in [6.07, 6.45) is 1.33. The molecule has 0 aromatic heterocycles. The maximum atomic E-state index is 12.3. The fraction of sp³-hybridized carbons (Fsp3) is 0.235. The van der Waals surface area contributed by atoms with E-state index in [1.54, 1.807) is 0 Å². The molecule has 0 saturated heterocycles. The van der Waals surface area contributed by atoms with Crippen LogP contribution in [0.5, 0.6) is 0 Å². The Morgan fingerprint density at radius 2 is 1.35 bits per heavy atom. The third-order valence-corrected chi connectivity index (χ3v) is 4.14. The molecule has 0 aliphatic rings. The molecule has 0 N–H and O–H groups in total. The quantitative estimate of drug-likeness (QED) is 0.555. The van der Waals surface area contributed by atoms with Gasteiger partial charge in [-0.1, -0.05) is 60.7 Å². The number of rotatable bonds is 6. The first-order valence-electron chi connectivity index (χ1n) is 6.59. The van der Waals surface area contributed by atoms with E-state index in [0.29, 0.717) is 12.3 Å². The van der Waals surface area contributed by atoms with Crippen molar-refractivity contribution in [1.82, 2.24) is 0 Å². The van der Waals surface area contributed by atoms with Gasteiger partial charge in [0.1, 0.15) is 0 Å². The highest BCUT2D eigenvalue weighted by Gasteiger charge is 2.40. The van der Waals surface area contributed by atoms with Gasteiger partial charge in [-0.3, -0.25) is 4.79 Å². The van der Waals surface area contributed by atoms with E-state index in [2.05, 4.69) is 0 Å². The summed E-state index contributed by atoms with van der Waals surface area (Å²) in [6, 6.07) is 19.3.